The van der Waals surface area contributed by atoms with Gasteiger partial charge in [-0.15, -0.1) is 0 Å². The van der Waals surface area contributed by atoms with Gasteiger partial charge in [-0.2, -0.15) is 0 Å². The smallest absolute Gasteiger partial charge is 0.332 e. The number of nitrogens with one attached hydrogen (secondary N) is 2. The van der Waals surface area contributed by atoms with Crippen molar-refractivity contribution in [1.29, 1.82) is 0 Å². The number of allylic oxidation sites excluding steroid dienone is 1. The van der Waals surface area contributed by atoms with E-state index in [0.29, 0.717) is 6.42 Å². The molecule has 7 nitrogen and oxygen atoms in total. The molecule has 0 spiro atoms. The van der Waals surface area contributed by atoms with Gasteiger partial charge in [0.2, 0.25) is 11.8 Å². The van der Waals surface area contributed by atoms with Crippen LogP contribution in [0.4, 0.5) is 0 Å². The fourth-order valence-corrected chi connectivity index (χ4v) is 2.79. The SMILES string of the molecule is C/C=C/[C@H](NC(=O)[C@@H](NC(=O)[C@@H](C)Cc1ccc(OC)cc1)C(C)C)C(=O)OC. The number of carbonyl (C=O) groups excluding carboxylic acids is 3. The van der Waals surface area contributed by atoms with Crippen LogP contribution in [0, 0.1) is 11.8 Å². The molecule has 7 heteroatoms. The summed E-state index contributed by atoms with van der Waals surface area (Å²) in [5.74, 6) is -0.962. The number of rotatable bonds is 10. The predicted molar refractivity (Wildman–Crippen MR) is 111 cm³/mol. The highest BCUT2D eigenvalue weighted by Gasteiger charge is 2.29. The van der Waals surface area contributed by atoms with E-state index in [1.54, 1.807) is 20.1 Å². The summed E-state index contributed by atoms with van der Waals surface area (Å²) >= 11 is 0. The largest absolute Gasteiger partial charge is 0.497 e. The fraction of sp³-hybridized carbons (Fsp3) is 0.500. The lowest BCUT2D eigenvalue weighted by Crippen LogP contribution is -2.54. The number of benzene rings is 1. The zero-order valence-corrected chi connectivity index (χ0v) is 18.0. The summed E-state index contributed by atoms with van der Waals surface area (Å²) in [5.41, 5.74) is 0.998. The predicted octanol–water partition coefficient (Wildman–Crippen LogP) is 2.25. The van der Waals surface area contributed by atoms with Crippen molar-refractivity contribution in [2.45, 2.75) is 46.2 Å². The number of amides is 2. The first-order valence-corrected chi connectivity index (χ1v) is 9.67. The van der Waals surface area contributed by atoms with Gasteiger partial charge in [-0.05, 0) is 37.0 Å². The normalized spacial score (nSPS) is 14.2. The molecule has 0 heterocycles. The van der Waals surface area contributed by atoms with Gasteiger partial charge in [0.15, 0.2) is 0 Å². The van der Waals surface area contributed by atoms with Crippen molar-refractivity contribution in [2.75, 3.05) is 14.2 Å². The molecule has 1 rings (SSSR count). The van der Waals surface area contributed by atoms with E-state index in [0.717, 1.165) is 11.3 Å². The number of ether oxygens (including phenoxy) is 2. The molecule has 0 aliphatic heterocycles. The van der Waals surface area contributed by atoms with Crippen LogP contribution in [0.3, 0.4) is 0 Å². The lowest BCUT2D eigenvalue weighted by Gasteiger charge is -2.25. The molecule has 1 aromatic carbocycles. The summed E-state index contributed by atoms with van der Waals surface area (Å²) in [6.07, 6.45) is 3.72. The molecule has 29 heavy (non-hydrogen) atoms. The van der Waals surface area contributed by atoms with Crippen molar-refractivity contribution in [3.05, 3.63) is 42.0 Å². The molecule has 0 radical (unpaired) electrons. The van der Waals surface area contributed by atoms with Gasteiger partial charge in [0.1, 0.15) is 17.8 Å². The van der Waals surface area contributed by atoms with Crippen LogP contribution in [-0.4, -0.2) is 44.1 Å². The highest BCUT2D eigenvalue weighted by Crippen LogP contribution is 2.15. The van der Waals surface area contributed by atoms with E-state index in [1.807, 2.05) is 45.0 Å². The molecule has 1 aromatic rings. The third-order valence-electron chi connectivity index (χ3n) is 4.53. The van der Waals surface area contributed by atoms with E-state index in [4.69, 9.17) is 9.47 Å². The van der Waals surface area contributed by atoms with Gasteiger partial charge in [-0.25, -0.2) is 4.79 Å². The second-order valence-corrected chi connectivity index (χ2v) is 7.22. The Hall–Kier alpha value is -2.83. The van der Waals surface area contributed by atoms with Crippen LogP contribution in [-0.2, 0) is 25.5 Å². The Morgan fingerprint density at radius 2 is 1.62 bits per heavy atom. The average Bonchev–Trinajstić information content (AvgIpc) is 2.70. The summed E-state index contributed by atoms with van der Waals surface area (Å²) in [5, 5.41) is 5.44. The Morgan fingerprint density at radius 3 is 2.10 bits per heavy atom. The van der Waals surface area contributed by atoms with Crippen LogP contribution in [0.1, 0.15) is 33.3 Å². The fourth-order valence-electron chi connectivity index (χ4n) is 2.79. The van der Waals surface area contributed by atoms with E-state index in [9.17, 15) is 14.4 Å². The summed E-state index contributed by atoms with van der Waals surface area (Å²) in [6.45, 7) is 7.22. The van der Waals surface area contributed by atoms with Gasteiger partial charge in [0, 0.05) is 5.92 Å². The first-order valence-electron chi connectivity index (χ1n) is 9.67. The molecule has 3 atom stereocenters. The molecular formula is C22H32N2O5. The van der Waals surface area contributed by atoms with Gasteiger partial charge < -0.3 is 20.1 Å². The minimum atomic E-state index is -0.896. The molecule has 0 saturated carbocycles. The average molecular weight is 405 g/mol. The third-order valence-corrected chi connectivity index (χ3v) is 4.53. The summed E-state index contributed by atoms with van der Waals surface area (Å²) < 4.78 is 9.85. The molecule has 0 aliphatic carbocycles. The van der Waals surface area contributed by atoms with Crippen molar-refractivity contribution in [1.82, 2.24) is 10.6 Å². The van der Waals surface area contributed by atoms with Crippen LogP contribution in [0.2, 0.25) is 0 Å². The van der Waals surface area contributed by atoms with E-state index in [-0.39, 0.29) is 17.7 Å². The Morgan fingerprint density at radius 1 is 1.00 bits per heavy atom. The van der Waals surface area contributed by atoms with E-state index in [1.165, 1.54) is 13.2 Å². The topological polar surface area (TPSA) is 93.7 Å². The second kappa shape index (κ2) is 11.9. The van der Waals surface area contributed by atoms with Crippen LogP contribution < -0.4 is 15.4 Å². The van der Waals surface area contributed by atoms with Crippen molar-refractivity contribution in [3.8, 4) is 5.75 Å². The standard InChI is InChI=1S/C22H32N2O5/c1-7-8-18(22(27)29-6)23-21(26)19(14(2)3)24-20(25)15(4)13-16-9-11-17(28-5)12-10-16/h7-12,14-15,18-19H,13H2,1-6H3,(H,23,26)(H,24,25)/b8-7+/t15-,18-,19-/m0/s1. The van der Waals surface area contributed by atoms with E-state index >= 15 is 0 Å². The monoisotopic (exact) mass is 404 g/mol. The minimum Gasteiger partial charge on any atom is -0.497 e. The van der Waals surface area contributed by atoms with Crippen LogP contribution >= 0.6 is 0 Å². The van der Waals surface area contributed by atoms with Crippen molar-refractivity contribution in [3.63, 3.8) is 0 Å². The Bertz CT molecular complexity index is 712. The molecule has 0 saturated heterocycles. The lowest BCUT2D eigenvalue weighted by atomic mass is 9.97. The minimum absolute atomic E-state index is 0.156. The lowest BCUT2D eigenvalue weighted by molar-refractivity contribution is -0.144. The second-order valence-electron chi connectivity index (χ2n) is 7.22. The number of esters is 1. The number of methoxy groups -OCH3 is 2. The summed E-state index contributed by atoms with van der Waals surface area (Å²) in [7, 11) is 2.86. The van der Waals surface area contributed by atoms with Crippen molar-refractivity contribution < 1.29 is 23.9 Å². The number of hydrogen-bond donors (Lipinski definition) is 2. The van der Waals surface area contributed by atoms with Gasteiger partial charge in [-0.1, -0.05) is 45.1 Å². The maximum absolute atomic E-state index is 12.7. The maximum Gasteiger partial charge on any atom is 0.332 e. The number of carbonyl (C=O) groups is 3. The van der Waals surface area contributed by atoms with Crippen LogP contribution in [0.5, 0.6) is 5.75 Å². The number of hydrogen-bond acceptors (Lipinski definition) is 5. The zero-order chi connectivity index (χ0) is 22.0. The van der Waals surface area contributed by atoms with Gasteiger partial charge in [0.05, 0.1) is 14.2 Å². The molecule has 0 unspecified atom stereocenters. The molecule has 2 N–H and O–H groups in total. The van der Waals surface area contributed by atoms with Crippen molar-refractivity contribution >= 4 is 17.8 Å². The third kappa shape index (κ3) is 7.60. The summed E-state index contributed by atoms with van der Waals surface area (Å²) in [6, 6.07) is 5.85. The van der Waals surface area contributed by atoms with Crippen LogP contribution in [0.25, 0.3) is 0 Å². The molecule has 0 fully saturated rings. The van der Waals surface area contributed by atoms with E-state index in [2.05, 4.69) is 10.6 Å². The maximum atomic E-state index is 12.7. The first kappa shape index (κ1) is 24.2. The quantitative estimate of drug-likeness (QED) is 0.461. The van der Waals surface area contributed by atoms with Crippen molar-refractivity contribution in [2.24, 2.45) is 11.8 Å². The summed E-state index contributed by atoms with van der Waals surface area (Å²) in [4.78, 5) is 37.2. The highest BCUT2D eigenvalue weighted by molar-refractivity contribution is 5.92. The Labute approximate surface area is 172 Å². The molecule has 160 valence electrons. The molecule has 0 aliphatic rings. The molecule has 0 aromatic heterocycles. The molecule has 0 bridgehead atoms. The molecular weight excluding hydrogens is 372 g/mol. The Balaban J connectivity index is 2.78. The highest BCUT2D eigenvalue weighted by atomic mass is 16.5. The van der Waals surface area contributed by atoms with Gasteiger partial charge >= 0.3 is 5.97 Å². The first-order chi connectivity index (χ1) is 13.7. The van der Waals surface area contributed by atoms with Crippen LogP contribution in [0.15, 0.2) is 36.4 Å². The Kier molecular flexibility index (Phi) is 9.92. The zero-order valence-electron chi connectivity index (χ0n) is 18.0. The molecule has 2 amide bonds. The van der Waals surface area contributed by atoms with Gasteiger partial charge in [0.25, 0.3) is 0 Å². The van der Waals surface area contributed by atoms with Gasteiger partial charge in [-0.3, -0.25) is 9.59 Å². The van der Waals surface area contributed by atoms with E-state index < -0.39 is 24.0 Å².